The second-order valence-electron chi connectivity index (χ2n) is 6.60. The van der Waals surface area contributed by atoms with E-state index >= 15 is 0 Å². The first kappa shape index (κ1) is 14.7. The third-order valence-electron chi connectivity index (χ3n) is 4.98. The summed E-state index contributed by atoms with van der Waals surface area (Å²) in [6, 6.07) is 0.752. The molecule has 4 atom stereocenters. The maximum atomic E-state index is 10.2. The number of thioether (sulfide) groups is 1. The molecule has 2 fully saturated rings. The van der Waals surface area contributed by atoms with Crippen molar-refractivity contribution in [1.29, 1.82) is 0 Å². The van der Waals surface area contributed by atoms with Crippen LogP contribution < -0.4 is 0 Å². The van der Waals surface area contributed by atoms with E-state index in [1.54, 1.807) is 0 Å². The highest BCUT2D eigenvalue weighted by atomic mass is 32.2. The molecule has 4 unspecified atom stereocenters. The van der Waals surface area contributed by atoms with Crippen LogP contribution in [0.4, 0.5) is 0 Å². The molecule has 1 N–H and O–H groups in total. The minimum absolute atomic E-state index is 0.0588. The molecule has 0 aromatic carbocycles. The van der Waals surface area contributed by atoms with E-state index < -0.39 is 0 Å². The molecule has 2 rings (SSSR count). The van der Waals surface area contributed by atoms with Gasteiger partial charge in [-0.05, 0) is 56.2 Å². The zero-order valence-corrected chi connectivity index (χ0v) is 13.0. The number of hydrogen-bond donors (Lipinski definition) is 1. The molecule has 3 heteroatoms. The van der Waals surface area contributed by atoms with Gasteiger partial charge in [-0.25, -0.2) is 0 Å². The highest BCUT2D eigenvalue weighted by Crippen LogP contribution is 2.35. The summed E-state index contributed by atoms with van der Waals surface area (Å²) in [6.45, 7) is 5.75. The molecule has 0 amide bonds. The number of aliphatic hydroxyl groups excluding tert-OH is 1. The molecule has 1 aliphatic heterocycles. The van der Waals surface area contributed by atoms with Gasteiger partial charge in [0.1, 0.15) is 0 Å². The summed E-state index contributed by atoms with van der Waals surface area (Å²) in [5.74, 6) is 4.70. The van der Waals surface area contributed by atoms with E-state index in [2.05, 4.69) is 37.6 Å². The minimum Gasteiger partial charge on any atom is -0.393 e. The van der Waals surface area contributed by atoms with Crippen molar-refractivity contribution in [2.24, 2.45) is 17.8 Å². The molecule has 18 heavy (non-hydrogen) atoms. The Morgan fingerprint density at radius 3 is 2.67 bits per heavy atom. The van der Waals surface area contributed by atoms with E-state index in [-0.39, 0.29) is 6.10 Å². The number of rotatable bonds is 4. The Morgan fingerprint density at radius 1 is 1.28 bits per heavy atom. The third kappa shape index (κ3) is 3.64. The summed E-state index contributed by atoms with van der Waals surface area (Å²) >= 11 is 2.07. The quantitative estimate of drug-likeness (QED) is 0.850. The summed E-state index contributed by atoms with van der Waals surface area (Å²) in [4.78, 5) is 2.51. The second-order valence-corrected chi connectivity index (χ2v) is 7.75. The molecular weight excluding hydrogens is 242 g/mol. The average molecular weight is 271 g/mol. The first-order valence-electron chi connectivity index (χ1n) is 7.54. The largest absolute Gasteiger partial charge is 0.393 e. The summed E-state index contributed by atoms with van der Waals surface area (Å²) in [6.07, 6.45) is 4.73. The van der Waals surface area contributed by atoms with Crippen LogP contribution in [-0.4, -0.2) is 47.3 Å². The molecule has 0 spiro atoms. The first-order chi connectivity index (χ1) is 8.58. The van der Waals surface area contributed by atoms with Crippen molar-refractivity contribution < 1.29 is 5.11 Å². The standard InChI is InChI=1S/C15H29NOS/c1-11(2)12-4-5-15(17)13(8-12)9-16(3)14-6-7-18-10-14/h11-15,17H,4-10H2,1-3H3. The van der Waals surface area contributed by atoms with Gasteiger partial charge >= 0.3 is 0 Å². The van der Waals surface area contributed by atoms with Crippen LogP contribution in [0.3, 0.4) is 0 Å². The summed E-state index contributed by atoms with van der Waals surface area (Å²) < 4.78 is 0. The van der Waals surface area contributed by atoms with Gasteiger partial charge in [-0.3, -0.25) is 0 Å². The van der Waals surface area contributed by atoms with Crippen LogP contribution in [0.15, 0.2) is 0 Å². The third-order valence-corrected chi connectivity index (χ3v) is 6.12. The Hall–Kier alpha value is 0.270. The lowest BCUT2D eigenvalue weighted by Gasteiger charge is -2.38. The SMILES string of the molecule is CC(C)C1CCC(O)C(CN(C)C2CCSC2)C1. The van der Waals surface area contributed by atoms with Crippen LogP contribution >= 0.6 is 11.8 Å². The first-order valence-corrected chi connectivity index (χ1v) is 8.69. The summed E-state index contributed by atoms with van der Waals surface area (Å²) in [7, 11) is 2.25. The van der Waals surface area contributed by atoms with Gasteiger partial charge in [0.05, 0.1) is 6.10 Å². The number of hydrogen-bond acceptors (Lipinski definition) is 3. The van der Waals surface area contributed by atoms with Gasteiger partial charge in [0.15, 0.2) is 0 Å². The number of aliphatic hydroxyl groups is 1. The van der Waals surface area contributed by atoms with Gasteiger partial charge in [0, 0.05) is 18.3 Å². The Kier molecular flexibility index (Phi) is 5.40. The van der Waals surface area contributed by atoms with Crippen LogP contribution in [0.25, 0.3) is 0 Å². The van der Waals surface area contributed by atoms with Gasteiger partial charge in [0.25, 0.3) is 0 Å². The maximum absolute atomic E-state index is 10.2. The molecular formula is C15H29NOS. The highest BCUT2D eigenvalue weighted by molar-refractivity contribution is 7.99. The zero-order chi connectivity index (χ0) is 13.1. The van der Waals surface area contributed by atoms with Gasteiger partial charge in [0.2, 0.25) is 0 Å². The molecule has 2 nitrogen and oxygen atoms in total. The molecule has 2 aliphatic rings. The van der Waals surface area contributed by atoms with Crippen molar-refractivity contribution in [3.8, 4) is 0 Å². The van der Waals surface area contributed by atoms with Gasteiger partial charge < -0.3 is 10.0 Å². The van der Waals surface area contributed by atoms with Crippen molar-refractivity contribution in [3.63, 3.8) is 0 Å². The van der Waals surface area contributed by atoms with Crippen LogP contribution in [-0.2, 0) is 0 Å². The van der Waals surface area contributed by atoms with Gasteiger partial charge in [-0.1, -0.05) is 13.8 Å². The molecule has 0 aromatic rings. The molecule has 106 valence electrons. The van der Waals surface area contributed by atoms with E-state index in [1.165, 1.54) is 30.8 Å². The lowest BCUT2D eigenvalue weighted by molar-refractivity contribution is 0.0177. The van der Waals surface area contributed by atoms with Crippen LogP contribution in [0, 0.1) is 17.8 Å². The van der Waals surface area contributed by atoms with Crippen molar-refractivity contribution in [1.82, 2.24) is 4.90 Å². The molecule has 0 aromatic heterocycles. The lowest BCUT2D eigenvalue weighted by atomic mass is 9.74. The van der Waals surface area contributed by atoms with Crippen molar-refractivity contribution in [2.45, 2.75) is 51.7 Å². The Labute approximate surface area is 117 Å². The Morgan fingerprint density at radius 2 is 2.06 bits per heavy atom. The monoisotopic (exact) mass is 271 g/mol. The highest BCUT2D eigenvalue weighted by Gasteiger charge is 2.32. The second kappa shape index (κ2) is 6.62. The van der Waals surface area contributed by atoms with Crippen molar-refractivity contribution >= 4 is 11.8 Å². The number of nitrogens with zero attached hydrogens (tertiary/aromatic N) is 1. The average Bonchev–Trinajstić information content (AvgIpc) is 2.85. The lowest BCUT2D eigenvalue weighted by Crippen LogP contribution is -2.42. The molecule has 1 heterocycles. The molecule has 0 radical (unpaired) electrons. The van der Waals surface area contributed by atoms with Gasteiger partial charge in [-0.15, -0.1) is 0 Å². The molecule has 1 saturated carbocycles. The smallest absolute Gasteiger partial charge is 0.0580 e. The molecule has 1 saturated heterocycles. The predicted octanol–water partition coefficient (Wildman–Crippen LogP) is 2.86. The van der Waals surface area contributed by atoms with E-state index in [1.807, 2.05) is 0 Å². The fourth-order valence-electron chi connectivity index (χ4n) is 3.47. The van der Waals surface area contributed by atoms with E-state index in [4.69, 9.17) is 0 Å². The van der Waals surface area contributed by atoms with Crippen LogP contribution in [0.1, 0.15) is 39.5 Å². The topological polar surface area (TPSA) is 23.5 Å². The minimum atomic E-state index is -0.0588. The van der Waals surface area contributed by atoms with Crippen molar-refractivity contribution in [2.75, 3.05) is 25.1 Å². The normalized spacial score (nSPS) is 37.7. The van der Waals surface area contributed by atoms with E-state index in [0.29, 0.717) is 5.92 Å². The van der Waals surface area contributed by atoms with E-state index in [9.17, 15) is 5.11 Å². The fourth-order valence-corrected chi connectivity index (χ4v) is 4.77. The zero-order valence-electron chi connectivity index (χ0n) is 12.1. The molecule has 0 bridgehead atoms. The molecule has 1 aliphatic carbocycles. The Balaban J connectivity index is 1.85. The Bertz CT molecular complexity index is 253. The predicted molar refractivity (Wildman–Crippen MR) is 80.0 cm³/mol. The van der Waals surface area contributed by atoms with Crippen LogP contribution in [0.2, 0.25) is 0 Å². The summed E-state index contributed by atoms with van der Waals surface area (Å²) in [5.41, 5.74) is 0. The fraction of sp³-hybridized carbons (Fsp3) is 1.00. The van der Waals surface area contributed by atoms with Crippen molar-refractivity contribution in [3.05, 3.63) is 0 Å². The van der Waals surface area contributed by atoms with Gasteiger partial charge in [-0.2, -0.15) is 11.8 Å². The summed E-state index contributed by atoms with van der Waals surface area (Å²) in [5, 5.41) is 10.2. The maximum Gasteiger partial charge on any atom is 0.0580 e. The van der Waals surface area contributed by atoms with E-state index in [0.717, 1.165) is 30.8 Å². The van der Waals surface area contributed by atoms with Crippen LogP contribution in [0.5, 0.6) is 0 Å².